The number of anilines is 1. The molecule has 0 fully saturated rings. The highest BCUT2D eigenvalue weighted by Gasteiger charge is 2.19. The van der Waals surface area contributed by atoms with Gasteiger partial charge in [-0.1, -0.05) is 11.6 Å². The minimum atomic E-state index is -4.15. The molecule has 26 heavy (non-hydrogen) atoms. The second-order valence-corrected chi connectivity index (χ2v) is 6.90. The third kappa shape index (κ3) is 4.97. The first-order valence-corrected chi connectivity index (χ1v) is 8.75. The Labute approximate surface area is 151 Å². The van der Waals surface area contributed by atoms with Crippen LogP contribution in [0.25, 0.3) is 0 Å². The van der Waals surface area contributed by atoms with Crippen molar-refractivity contribution in [2.24, 2.45) is 5.14 Å². The van der Waals surface area contributed by atoms with Crippen molar-refractivity contribution in [3.05, 3.63) is 58.6 Å². The molecule has 0 heterocycles. The van der Waals surface area contributed by atoms with Gasteiger partial charge < -0.3 is 10.1 Å². The number of amides is 1. The molecule has 0 aliphatic rings. The number of primary sulfonamides is 1. The highest BCUT2D eigenvalue weighted by molar-refractivity contribution is 7.89. The second kappa shape index (κ2) is 7.77. The lowest BCUT2D eigenvalue weighted by atomic mass is 10.2. The molecule has 2 aromatic rings. The molecule has 0 radical (unpaired) electrons. The molecule has 3 N–H and O–H groups in total. The van der Waals surface area contributed by atoms with E-state index in [1.54, 1.807) is 0 Å². The number of halogens is 3. The van der Waals surface area contributed by atoms with Crippen LogP contribution >= 0.6 is 11.6 Å². The molecule has 0 unspecified atom stereocenters. The summed E-state index contributed by atoms with van der Waals surface area (Å²) in [5.74, 6) is -3.75. The Balaban J connectivity index is 2.05. The van der Waals surface area contributed by atoms with Crippen LogP contribution in [0.4, 0.5) is 14.5 Å². The van der Waals surface area contributed by atoms with Gasteiger partial charge in [0.25, 0.3) is 5.91 Å². The fourth-order valence-electron chi connectivity index (χ4n) is 1.82. The van der Waals surface area contributed by atoms with E-state index in [1.807, 2.05) is 0 Å². The van der Waals surface area contributed by atoms with Gasteiger partial charge in [-0.05, 0) is 36.4 Å². The minimum absolute atomic E-state index is 0.0726. The number of carbonyl (C=O) groups is 2. The van der Waals surface area contributed by atoms with E-state index in [0.29, 0.717) is 6.07 Å². The first kappa shape index (κ1) is 19.8. The molecular weight excluding hydrogens is 394 g/mol. The monoisotopic (exact) mass is 404 g/mol. The number of sulfonamides is 1. The van der Waals surface area contributed by atoms with Crippen molar-refractivity contribution in [1.29, 1.82) is 0 Å². The van der Waals surface area contributed by atoms with Crippen molar-refractivity contribution in [3.8, 4) is 0 Å². The summed E-state index contributed by atoms with van der Waals surface area (Å²) in [4.78, 5) is 23.1. The number of esters is 1. The SMILES string of the molecule is NS(=O)(=O)c1ccc(F)c(C(=O)OCC(=O)Nc2ccc(F)cc2Cl)c1. The molecule has 0 spiro atoms. The number of hydrogen-bond acceptors (Lipinski definition) is 5. The Kier molecular flexibility index (Phi) is 5.90. The van der Waals surface area contributed by atoms with Gasteiger partial charge in [-0.3, -0.25) is 4.79 Å². The third-order valence-electron chi connectivity index (χ3n) is 3.03. The maximum atomic E-state index is 13.7. The van der Waals surface area contributed by atoms with Gasteiger partial charge in [0.1, 0.15) is 11.6 Å². The Bertz CT molecular complexity index is 982. The molecule has 11 heteroatoms. The molecule has 2 rings (SSSR count). The summed E-state index contributed by atoms with van der Waals surface area (Å²) < 4.78 is 53.7. The van der Waals surface area contributed by atoms with E-state index in [2.05, 4.69) is 10.1 Å². The number of ether oxygens (including phenoxy) is 1. The molecule has 0 aromatic heterocycles. The average Bonchev–Trinajstić information content (AvgIpc) is 2.54. The number of nitrogens with one attached hydrogen (secondary N) is 1. The number of nitrogens with two attached hydrogens (primary N) is 1. The van der Waals surface area contributed by atoms with Crippen molar-refractivity contribution < 1.29 is 31.5 Å². The van der Waals surface area contributed by atoms with Crippen molar-refractivity contribution >= 4 is 39.2 Å². The largest absolute Gasteiger partial charge is 0.452 e. The molecular formula is C15H11ClF2N2O5S. The molecule has 0 bridgehead atoms. The van der Waals surface area contributed by atoms with Crippen molar-refractivity contribution in [2.45, 2.75) is 4.90 Å². The first-order chi connectivity index (χ1) is 12.1. The summed E-state index contributed by atoms with van der Waals surface area (Å²) in [6, 6.07) is 5.53. The van der Waals surface area contributed by atoms with Gasteiger partial charge in [-0.2, -0.15) is 0 Å². The molecule has 0 aliphatic heterocycles. The summed E-state index contributed by atoms with van der Waals surface area (Å²) in [6.45, 7) is -0.814. The zero-order valence-corrected chi connectivity index (χ0v) is 14.4. The van der Waals surface area contributed by atoms with Crippen molar-refractivity contribution in [3.63, 3.8) is 0 Å². The zero-order valence-electron chi connectivity index (χ0n) is 12.8. The van der Waals surface area contributed by atoms with E-state index in [1.165, 1.54) is 6.07 Å². The van der Waals surface area contributed by atoms with Crippen LogP contribution in [0.5, 0.6) is 0 Å². The highest BCUT2D eigenvalue weighted by atomic mass is 35.5. The standard InChI is InChI=1S/C15H11ClF2N2O5S/c16-11-5-8(17)1-4-13(11)20-14(21)7-25-15(22)10-6-9(26(19,23)24)2-3-12(10)18/h1-6H,7H2,(H,20,21)(H2,19,23,24). The molecule has 0 atom stereocenters. The minimum Gasteiger partial charge on any atom is -0.452 e. The molecule has 7 nitrogen and oxygen atoms in total. The smallest absolute Gasteiger partial charge is 0.341 e. The molecule has 1 amide bonds. The van der Waals surface area contributed by atoms with Gasteiger partial charge in [0.2, 0.25) is 10.0 Å². The molecule has 0 saturated carbocycles. The predicted octanol–water partition coefficient (Wildman–Crippen LogP) is 2.06. The van der Waals surface area contributed by atoms with Crippen LogP contribution in [0.15, 0.2) is 41.3 Å². The summed E-state index contributed by atoms with van der Waals surface area (Å²) in [5.41, 5.74) is -0.624. The Morgan fingerprint density at radius 1 is 1.15 bits per heavy atom. The molecule has 2 aromatic carbocycles. The summed E-state index contributed by atoms with van der Waals surface area (Å²) in [5, 5.41) is 7.10. The second-order valence-electron chi connectivity index (χ2n) is 4.94. The van der Waals surface area contributed by atoms with E-state index in [-0.39, 0.29) is 10.7 Å². The number of benzene rings is 2. The van der Waals surface area contributed by atoms with E-state index in [9.17, 15) is 26.8 Å². The number of hydrogen-bond donors (Lipinski definition) is 2. The highest BCUT2D eigenvalue weighted by Crippen LogP contribution is 2.22. The van der Waals surface area contributed by atoms with E-state index in [4.69, 9.17) is 16.7 Å². The van der Waals surface area contributed by atoms with Crippen LogP contribution in [0.1, 0.15) is 10.4 Å². The van der Waals surface area contributed by atoms with Crippen LogP contribution in [-0.4, -0.2) is 26.9 Å². The summed E-state index contributed by atoms with van der Waals surface area (Å²) in [6.07, 6.45) is 0. The van der Waals surface area contributed by atoms with Gasteiger partial charge >= 0.3 is 5.97 Å². The van der Waals surface area contributed by atoms with E-state index >= 15 is 0 Å². The van der Waals surface area contributed by atoms with Gasteiger partial charge in [0.05, 0.1) is 21.2 Å². The summed E-state index contributed by atoms with van der Waals surface area (Å²) >= 11 is 5.73. The number of rotatable bonds is 5. The van der Waals surface area contributed by atoms with Crippen LogP contribution in [-0.2, 0) is 19.6 Å². The average molecular weight is 405 g/mol. The lowest BCUT2D eigenvalue weighted by Crippen LogP contribution is -2.22. The maximum absolute atomic E-state index is 13.7. The van der Waals surface area contributed by atoms with Gasteiger partial charge in [0.15, 0.2) is 6.61 Å². The first-order valence-electron chi connectivity index (χ1n) is 6.82. The Morgan fingerprint density at radius 2 is 1.85 bits per heavy atom. The predicted molar refractivity (Wildman–Crippen MR) is 88.1 cm³/mol. The molecule has 0 aliphatic carbocycles. The zero-order chi connectivity index (χ0) is 19.5. The topological polar surface area (TPSA) is 116 Å². The lowest BCUT2D eigenvalue weighted by molar-refractivity contribution is -0.119. The fourth-order valence-corrected chi connectivity index (χ4v) is 2.58. The van der Waals surface area contributed by atoms with Crippen molar-refractivity contribution in [2.75, 3.05) is 11.9 Å². The van der Waals surface area contributed by atoms with Gasteiger partial charge in [0, 0.05) is 0 Å². The van der Waals surface area contributed by atoms with E-state index in [0.717, 1.165) is 24.3 Å². The Morgan fingerprint density at radius 3 is 2.46 bits per heavy atom. The van der Waals surface area contributed by atoms with Crippen LogP contribution in [0.3, 0.4) is 0 Å². The lowest BCUT2D eigenvalue weighted by Gasteiger charge is -2.09. The van der Waals surface area contributed by atoms with Crippen LogP contribution < -0.4 is 10.5 Å². The molecule has 0 saturated heterocycles. The van der Waals surface area contributed by atoms with E-state index < -0.39 is 50.6 Å². The number of carbonyl (C=O) groups excluding carboxylic acids is 2. The summed E-state index contributed by atoms with van der Waals surface area (Å²) in [7, 11) is -4.15. The van der Waals surface area contributed by atoms with Gasteiger partial charge in [-0.15, -0.1) is 0 Å². The molecule has 138 valence electrons. The fraction of sp³-hybridized carbons (Fsp3) is 0.0667. The van der Waals surface area contributed by atoms with Crippen molar-refractivity contribution in [1.82, 2.24) is 0 Å². The van der Waals surface area contributed by atoms with Crippen LogP contribution in [0, 0.1) is 11.6 Å². The van der Waals surface area contributed by atoms with Crippen LogP contribution in [0.2, 0.25) is 5.02 Å². The normalized spacial score (nSPS) is 11.1. The Hall–Kier alpha value is -2.56. The third-order valence-corrected chi connectivity index (χ3v) is 4.25. The van der Waals surface area contributed by atoms with Gasteiger partial charge in [-0.25, -0.2) is 27.1 Å². The maximum Gasteiger partial charge on any atom is 0.341 e. The quantitative estimate of drug-likeness (QED) is 0.740.